The van der Waals surface area contributed by atoms with Crippen molar-refractivity contribution in [2.75, 3.05) is 11.9 Å². The normalized spacial score (nSPS) is 10.8. The molecule has 0 aliphatic carbocycles. The Morgan fingerprint density at radius 1 is 1.12 bits per heavy atom. The molecule has 3 nitrogen and oxygen atoms in total. The van der Waals surface area contributed by atoms with Crippen molar-refractivity contribution < 1.29 is 9.53 Å². The summed E-state index contributed by atoms with van der Waals surface area (Å²) < 4.78 is 5.80. The van der Waals surface area contributed by atoms with E-state index in [9.17, 15) is 4.79 Å². The number of hydrogen-bond acceptors (Lipinski definition) is 2. The summed E-state index contributed by atoms with van der Waals surface area (Å²) in [6, 6.07) is 13.8. The van der Waals surface area contributed by atoms with Gasteiger partial charge < -0.3 is 10.1 Å². The van der Waals surface area contributed by atoms with E-state index in [2.05, 4.69) is 19.2 Å². The number of hydrogen-bond donors (Lipinski definition) is 1. The Bertz CT molecular complexity index is 735. The van der Waals surface area contributed by atoms with E-state index >= 15 is 0 Å². The van der Waals surface area contributed by atoms with Crippen LogP contribution in [0.2, 0.25) is 0 Å². The van der Waals surface area contributed by atoms with Gasteiger partial charge in [-0.15, -0.1) is 0 Å². The van der Waals surface area contributed by atoms with Crippen molar-refractivity contribution in [2.45, 2.75) is 40.0 Å². The van der Waals surface area contributed by atoms with Crippen LogP contribution in [0.3, 0.4) is 0 Å². The minimum absolute atomic E-state index is 0.132. The van der Waals surface area contributed by atoms with Crippen LogP contribution in [0.5, 0.6) is 5.75 Å². The monoisotopic (exact) mass is 337 g/mol. The van der Waals surface area contributed by atoms with E-state index in [1.165, 1.54) is 0 Å². The van der Waals surface area contributed by atoms with Crippen LogP contribution in [-0.2, 0) is 11.2 Å². The molecule has 0 fully saturated rings. The Labute approximate surface area is 150 Å². The maximum Gasteiger partial charge on any atom is 0.248 e. The van der Waals surface area contributed by atoms with Gasteiger partial charge in [0.15, 0.2) is 0 Å². The number of nitrogens with one attached hydrogen (secondary N) is 1. The highest BCUT2D eigenvalue weighted by Gasteiger charge is 2.07. The van der Waals surface area contributed by atoms with E-state index in [1.54, 1.807) is 12.2 Å². The van der Waals surface area contributed by atoms with Crippen molar-refractivity contribution in [1.29, 1.82) is 0 Å². The van der Waals surface area contributed by atoms with Crippen LogP contribution in [0.1, 0.15) is 43.4 Å². The lowest BCUT2D eigenvalue weighted by molar-refractivity contribution is -0.111. The number of ether oxygens (including phenoxy) is 1. The fourth-order valence-corrected chi connectivity index (χ4v) is 2.61. The molecule has 2 aromatic carbocycles. The van der Waals surface area contributed by atoms with Gasteiger partial charge in [0, 0.05) is 17.3 Å². The number of amides is 1. The fourth-order valence-electron chi connectivity index (χ4n) is 2.61. The molecular formula is C22H27NO2. The first-order valence-electron chi connectivity index (χ1n) is 8.95. The third-order valence-corrected chi connectivity index (χ3v) is 4.08. The predicted octanol–water partition coefficient (Wildman–Crippen LogP) is 5.39. The van der Waals surface area contributed by atoms with E-state index < -0.39 is 0 Å². The van der Waals surface area contributed by atoms with Gasteiger partial charge in [0.25, 0.3) is 0 Å². The molecule has 2 aromatic rings. The van der Waals surface area contributed by atoms with Crippen molar-refractivity contribution in [3.05, 3.63) is 65.2 Å². The molecule has 0 saturated carbocycles. The number of benzene rings is 2. The summed E-state index contributed by atoms with van der Waals surface area (Å²) in [6.07, 6.45) is 6.37. The third kappa shape index (κ3) is 5.49. The first kappa shape index (κ1) is 18.8. The smallest absolute Gasteiger partial charge is 0.248 e. The molecule has 0 bridgehead atoms. The van der Waals surface area contributed by atoms with E-state index in [4.69, 9.17) is 4.74 Å². The molecule has 0 heterocycles. The molecule has 0 aliphatic heterocycles. The Balaban J connectivity index is 2.08. The number of carbonyl (C=O) groups excluding carboxylic acids is 1. The van der Waals surface area contributed by atoms with Gasteiger partial charge in [-0.1, -0.05) is 56.7 Å². The van der Waals surface area contributed by atoms with E-state index in [0.717, 1.165) is 47.4 Å². The average molecular weight is 337 g/mol. The van der Waals surface area contributed by atoms with Crippen molar-refractivity contribution in [3.8, 4) is 5.75 Å². The molecule has 1 N–H and O–H groups in total. The maximum absolute atomic E-state index is 12.3. The summed E-state index contributed by atoms with van der Waals surface area (Å²) in [6.45, 7) is 6.92. The van der Waals surface area contributed by atoms with Crippen LogP contribution in [0.25, 0.3) is 6.08 Å². The van der Waals surface area contributed by atoms with E-state index in [-0.39, 0.29) is 5.91 Å². The Kier molecular flexibility index (Phi) is 7.27. The SMILES string of the molecule is CCCCOc1ccccc1C=CC(=O)Nc1c(C)cccc1CC. The van der Waals surface area contributed by atoms with Gasteiger partial charge in [-0.3, -0.25) is 4.79 Å². The highest BCUT2D eigenvalue weighted by atomic mass is 16.5. The molecule has 2 rings (SSSR count). The van der Waals surface area contributed by atoms with Crippen LogP contribution in [0.15, 0.2) is 48.5 Å². The molecule has 1 amide bonds. The second-order valence-electron chi connectivity index (χ2n) is 6.03. The van der Waals surface area contributed by atoms with E-state index in [0.29, 0.717) is 6.61 Å². The molecule has 0 radical (unpaired) electrons. The summed E-state index contributed by atoms with van der Waals surface area (Å²) in [5, 5.41) is 3.01. The van der Waals surface area contributed by atoms with Crippen molar-refractivity contribution in [2.24, 2.45) is 0 Å². The number of rotatable bonds is 8. The molecular weight excluding hydrogens is 310 g/mol. The quantitative estimate of drug-likeness (QED) is 0.518. The lowest BCUT2D eigenvalue weighted by Crippen LogP contribution is -2.11. The molecule has 3 heteroatoms. The molecule has 132 valence electrons. The molecule has 0 unspecified atom stereocenters. The number of aryl methyl sites for hydroxylation is 2. The zero-order valence-corrected chi connectivity index (χ0v) is 15.3. The number of anilines is 1. The molecule has 0 atom stereocenters. The minimum atomic E-state index is -0.132. The van der Waals surface area contributed by atoms with Gasteiger partial charge >= 0.3 is 0 Å². The first-order chi connectivity index (χ1) is 12.2. The van der Waals surface area contributed by atoms with Gasteiger partial charge in [-0.05, 0) is 43.0 Å². The Hall–Kier alpha value is -2.55. The minimum Gasteiger partial charge on any atom is -0.493 e. The Morgan fingerprint density at radius 2 is 1.92 bits per heavy atom. The molecule has 0 aromatic heterocycles. The summed E-state index contributed by atoms with van der Waals surface area (Å²) in [5.74, 6) is 0.678. The van der Waals surface area contributed by atoms with Gasteiger partial charge in [0.05, 0.1) is 6.61 Å². The summed E-state index contributed by atoms with van der Waals surface area (Å²) in [7, 11) is 0. The van der Waals surface area contributed by atoms with Gasteiger partial charge in [0.1, 0.15) is 5.75 Å². The predicted molar refractivity (Wildman–Crippen MR) is 105 cm³/mol. The highest BCUT2D eigenvalue weighted by Crippen LogP contribution is 2.22. The zero-order chi connectivity index (χ0) is 18.1. The van der Waals surface area contributed by atoms with Crippen molar-refractivity contribution in [1.82, 2.24) is 0 Å². The second kappa shape index (κ2) is 9.67. The average Bonchev–Trinajstić information content (AvgIpc) is 2.63. The summed E-state index contributed by atoms with van der Waals surface area (Å²) in [5.41, 5.74) is 4.04. The lowest BCUT2D eigenvalue weighted by Gasteiger charge is -2.11. The van der Waals surface area contributed by atoms with Crippen molar-refractivity contribution >= 4 is 17.7 Å². The molecule has 25 heavy (non-hydrogen) atoms. The largest absolute Gasteiger partial charge is 0.493 e. The second-order valence-corrected chi connectivity index (χ2v) is 6.03. The van der Waals surface area contributed by atoms with Crippen molar-refractivity contribution in [3.63, 3.8) is 0 Å². The first-order valence-corrected chi connectivity index (χ1v) is 8.95. The summed E-state index contributed by atoms with van der Waals surface area (Å²) >= 11 is 0. The zero-order valence-electron chi connectivity index (χ0n) is 15.3. The standard InChI is InChI=1S/C22H27NO2/c1-4-6-16-25-20-13-8-7-11-19(20)14-15-21(24)23-22-17(3)10-9-12-18(22)5-2/h7-15H,4-6,16H2,1-3H3,(H,23,24). The topological polar surface area (TPSA) is 38.3 Å². The van der Waals surface area contributed by atoms with Crippen LogP contribution in [0, 0.1) is 6.92 Å². The maximum atomic E-state index is 12.3. The summed E-state index contributed by atoms with van der Waals surface area (Å²) in [4.78, 5) is 12.3. The van der Waals surface area contributed by atoms with Crippen LogP contribution in [-0.4, -0.2) is 12.5 Å². The third-order valence-electron chi connectivity index (χ3n) is 4.08. The number of unbranched alkanes of at least 4 members (excludes halogenated alkanes) is 1. The van der Waals surface area contributed by atoms with Gasteiger partial charge in [0.2, 0.25) is 5.91 Å². The molecule has 0 aliphatic rings. The van der Waals surface area contributed by atoms with Gasteiger partial charge in [-0.25, -0.2) is 0 Å². The van der Waals surface area contributed by atoms with Gasteiger partial charge in [-0.2, -0.15) is 0 Å². The fraction of sp³-hybridized carbons (Fsp3) is 0.318. The lowest BCUT2D eigenvalue weighted by atomic mass is 10.1. The highest BCUT2D eigenvalue weighted by molar-refractivity contribution is 6.03. The molecule has 0 spiro atoms. The van der Waals surface area contributed by atoms with Crippen LogP contribution < -0.4 is 10.1 Å². The molecule has 0 saturated heterocycles. The van der Waals surface area contributed by atoms with Crippen LogP contribution >= 0.6 is 0 Å². The number of para-hydroxylation sites is 2. The Morgan fingerprint density at radius 3 is 2.68 bits per heavy atom. The number of carbonyl (C=O) groups is 1. The van der Waals surface area contributed by atoms with Crippen LogP contribution in [0.4, 0.5) is 5.69 Å². The van der Waals surface area contributed by atoms with E-state index in [1.807, 2.05) is 49.4 Å².